The Bertz CT molecular complexity index is 1240. The highest BCUT2D eigenvalue weighted by molar-refractivity contribution is 6.51. The van der Waals surface area contributed by atoms with Gasteiger partial charge in [-0.05, 0) is 72.5 Å². The highest BCUT2D eigenvalue weighted by Gasteiger charge is 2.47. The van der Waals surface area contributed by atoms with E-state index in [-0.39, 0.29) is 11.3 Å². The molecule has 1 N–H and O–H groups in total. The summed E-state index contributed by atoms with van der Waals surface area (Å²) < 4.78 is 10.7. The zero-order chi connectivity index (χ0) is 25.1. The third kappa shape index (κ3) is 4.64. The monoisotopic (exact) mass is 471 g/mol. The van der Waals surface area contributed by atoms with Crippen LogP contribution in [0.3, 0.4) is 0 Å². The van der Waals surface area contributed by atoms with E-state index in [1.165, 1.54) is 4.90 Å². The molecular weight excluding hydrogens is 442 g/mol. The molecule has 0 radical (unpaired) electrons. The predicted molar refractivity (Wildman–Crippen MR) is 136 cm³/mol. The molecule has 1 atom stereocenters. The number of hydrogen-bond acceptors (Lipinski definition) is 5. The van der Waals surface area contributed by atoms with Crippen LogP contribution in [-0.4, -0.2) is 30.5 Å². The van der Waals surface area contributed by atoms with Crippen molar-refractivity contribution in [2.45, 2.75) is 32.7 Å². The van der Waals surface area contributed by atoms with Gasteiger partial charge >= 0.3 is 0 Å². The summed E-state index contributed by atoms with van der Waals surface area (Å²) in [5.74, 6) is -0.0217. The summed E-state index contributed by atoms with van der Waals surface area (Å²) in [5.41, 5.74) is 2.90. The fourth-order valence-electron chi connectivity index (χ4n) is 4.25. The molecule has 0 aliphatic carbocycles. The van der Waals surface area contributed by atoms with Crippen molar-refractivity contribution in [2.24, 2.45) is 0 Å². The smallest absolute Gasteiger partial charge is 0.300 e. The number of ether oxygens (including phenoxy) is 2. The maximum Gasteiger partial charge on any atom is 0.300 e. The second-order valence-electron chi connectivity index (χ2n) is 8.65. The number of amides is 1. The lowest BCUT2D eigenvalue weighted by Crippen LogP contribution is -2.29. The van der Waals surface area contributed by atoms with E-state index < -0.39 is 17.7 Å². The molecule has 180 valence electrons. The standard InChI is InChI=1S/C29H29NO5/c1-5-35-24-16-12-22(13-17-24)30-26(20-8-6-19(7-9-20)18(2)3)25(28(32)29(30)33)27(31)21-10-14-23(34-4)15-11-21/h6-18,26,31H,5H2,1-4H3/b27-25-. The highest BCUT2D eigenvalue weighted by Crippen LogP contribution is 2.42. The van der Waals surface area contributed by atoms with Crippen molar-refractivity contribution < 1.29 is 24.2 Å². The first-order valence-corrected chi connectivity index (χ1v) is 11.6. The van der Waals surface area contributed by atoms with Crippen LogP contribution in [0.25, 0.3) is 5.76 Å². The topological polar surface area (TPSA) is 76.1 Å². The number of aliphatic hydroxyl groups is 1. The molecule has 1 aliphatic heterocycles. The minimum atomic E-state index is -0.781. The van der Waals surface area contributed by atoms with E-state index in [1.807, 2.05) is 31.2 Å². The first kappa shape index (κ1) is 24.1. The molecule has 1 amide bonds. The quantitative estimate of drug-likeness (QED) is 0.266. The fraction of sp³-hybridized carbons (Fsp3) is 0.241. The molecule has 35 heavy (non-hydrogen) atoms. The van der Waals surface area contributed by atoms with Gasteiger partial charge in [-0.15, -0.1) is 0 Å². The molecule has 6 nitrogen and oxygen atoms in total. The van der Waals surface area contributed by atoms with Crippen LogP contribution in [-0.2, 0) is 9.59 Å². The first-order valence-electron chi connectivity index (χ1n) is 11.6. The Kier molecular flexibility index (Phi) is 6.92. The molecule has 3 aromatic rings. The van der Waals surface area contributed by atoms with Crippen molar-refractivity contribution in [2.75, 3.05) is 18.6 Å². The zero-order valence-electron chi connectivity index (χ0n) is 20.3. The van der Waals surface area contributed by atoms with Gasteiger partial charge in [0.1, 0.15) is 17.3 Å². The number of nitrogens with zero attached hydrogens (tertiary/aromatic N) is 1. The van der Waals surface area contributed by atoms with Crippen molar-refractivity contribution in [1.82, 2.24) is 0 Å². The van der Waals surface area contributed by atoms with Crippen molar-refractivity contribution in [3.8, 4) is 11.5 Å². The summed E-state index contributed by atoms with van der Waals surface area (Å²) in [5, 5.41) is 11.2. The number of carbonyl (C=O) groups is 2. The van der Waals surface area contributed by atoms with Crippen LogP contribution in [0.15, 0.2) is 78.4 Å². The van der Waals surface area contributed by atoms with Crippen LogP contribution in [0, 0.1) is 0 Å². The van der Waals surface area contributed by atoms with Crippen LogP contribution in [0.4, 0.5) is 5.69 Å². The molecule has 0 spiro atoms. The number of ketones is 1. The lowest BCUT2D eigenvalue weighted by atomic mass is 9.93. The largest absolute Gasteiger partial charge is 0.507 e. The molecule has 0 aromatic heterocycles. The SMILES string of the molecule is CCOc1ccc(N2C(=O)C(=O)/C(=C(\O)c3ccc(OC)cc3)C2c2ccc(C(C)C)cc2)cc1. The molecule has 1 unspecified atom stereocenters. The Morgan fingerprint density at radius 3 is 2.06 bits per heavy atom. The van der Waals surface area contributed by atoms with Crippen LogP contribution in [0.2, 0.25) is 0 Å². The molecule has 4 rings (SSSR count). The van der Waals surface area contributed by atoms with Crippen LogP contribution < -0.4 is 14.4 Å². The molecule has 1 heterocycles. The van der Waals surface area contributed by atoms with E-state index in [0.717, 1.165) is 11.1 Å². The number of benzene rings is 3. The van der Waals surface area contributed by atoms with E-state index in [0.29, 0.717) is 35.3 Å². The van der Waals surface area contributed by atoms with Crippen molar-refractivity contribution >= 4 is 23.1 Å². The van der Waals surface area contributed by atoms with Crippen LogP contribution in [0.5, 0.6) is 11.5 Å². The first-order chi connectivity index (χ1) is 16.8. The Morgan fingerprint density at radius 2 is 1.51 bits per heavy atom. The van der Waals surface area contributed by atoms with E-state index in [1.54, 1.807) is 55.6 Å². The molecule has 0 saturated carbocycles. The van der Waals surface area contributed by atoms with Crippen LogP contribution >= 0.6 is 0 Å². The number of methoxy groups -OCH3 is 1. The highest BCUT2D eigenvalue weighted by atomic mass is 16.5. The fourth-order valence-corrected chi connectivity index (χ4v) is 4.25. The molecule has 1 saturated heterocycles. The lowest BCUT2D eigenvalue weighted by Gasteiger charge is -2.26. The van der Waals surface area contributed by atoms with Gasteiger partial charge in [0.25, 0.3) is 11.7 Å². The number of hydrogen-bond donors (Lipinski definition) is 1. The molecular formula is C29H29NO5. The minimum absolute atomic E-state index is 0.0475. The lowest BCUT2D eigenvalue weighted by molar-refractivity contribution is -0.132. The van der Waals surface area contributed by atoms with Gasteiger partial charge in [0.05, 0.1) is 25.3 Å². The Morgan fingerprint density at radius 1 is 0.914 bits per heavy atom. The number of anilines is 1. The molecule has 1 aliphatic rings. The molecule has 0 bridgehead atoms. The second kappa shape index (κ2) is 10.1. The van der Waals surface area contributed by atoms with Crippen LogP contribution in [0.1, 0.15) is 49.4 Å². The molecule has 1 fully saturated rings. The maximum absolute atomic E-state index is 13.3. The summed E-state index contributed by atoms with van der Waals surface area (Å²) in [6, 6.07) is 20.8. The molecule has 6 heteroatoms. The van der Waals surface area contributed by atoms with Gasteiger partial charge in [0.2, 0.25) is 0 Å². The summed E-state index contributed by atoms with van der Waals surface area (Å²) in [7, 11) is 1.55. The van der Waals surface area contributed by atoms with Crippen molar-refractivity contribution in [3.63, 3.8) is 0 Å². The zero-order valence-corrected chi connectivity index (χ0v) is 20.3. The average Bonchev–Trinajstić information content (AvgIpc) is 3.14. The number of aliphatic hydroxyl groups excluding tert-OH is 1. The third-order valence-electron chi connectivity index (χ3n) is 6.15. The normalized spacial score (nSPS) is 17.2. The Hall–Kier alpha value is -4.06. The van der Waals surface area contributed by atoms with E-state index in [9.17, 15) is 14.7 Å². The Labute approximate surface area is 205 Å². The van der Waals surface area contributed by atoms with Gasteiger partial charge in [-0.3, -0.25) is 14.5 Å². The average molecular weight is 472 g/mol. The minimum Gasteiger partial charge on any atom is -0.507 e. The summed E-state index contributed by atoms with van der Waals surface area (Å²) in [4.78, 5) is 28.0. The summed E-state index contributed by atoms with van der Waals surface area (Å²) >= 11 is 0. The Balaban J connectivity index is 1.86. The van der Waals surface area contributed by atoms with Gasteiger partial charge < -0.3 is 14.6 Å². The number of rotatable bonds is 7. The summed E-state index contributed by atoms with van der Waals surface area (Å²) in [6.07, 6.45) is 0. The maximum atomic E-state index is 13.3. The summed E-state index contributed by atoms with van der Waals surface area (Å²) in [6.45, 7) is 6.62. The van der Waals surface area contributed by atoms with E-state index in [4.69, 9.17) is 9.47 Å². The second-order valence-corrected chi connectivity index (χ2v) is 8.65. The van der Waals surface area contributed by atoms with Gasteiger partial charge in [-0.25, -0.2) is 0 Å². The van der Waals surface area contributed by atoms with E-state index in [2.05, 4.69) is 13.8 Å². The van der Waals surface area contributed by atoms with Gasteiger partial charge in [-0.2, -0.15) is 0 Å². The van der Waals surface area contributed by atoms with Gasteiger partial charge in [0.15, 0.2) is 0 Å². The van der Waals surface area contributed by atoms with Crippen molar-refractivity contribution in [3.05, 3.63) is 95.1 Å². The number of carbonyl (C=O) groups excluding carboxylic acids is 2. The molecule has 3 aromatic carbocycles. The van der Waals surface area contributed by atoms with Gasteiger partial charge in [0, 0.05) is 11.3 Å². The third-order valence-corrected chi connectivity index (χ3v) is 6.15. The predicted octanol–water partition coefficient (Wildman–Crippen LogP) is 5.84. The van der Waals surface area contributed by atoms with E-state index >= 15 is 0 Å². The van der Waals surface area contributed by atoms with Gasteiger partial charge in [-0.1, -0.05) is 38.1 Å². The van der Waals surface area contributed by atoms with Crippen molar-refractivity contribution in [1.29, 1.82) is 0 Å². The number of Topliss-reactive ketones (excluding diaryl/α,β-unsaturated/α-hetero) is 1.